The monoisotopic (exact) mass is 280 g/mol. The molecule has 1 aliphatic rings. The lowest BCUT2D eigenvalue weighted by molar-refractivity contribution is 0.0927. The number of hydrogen-bond donors (Lipinski definition) is 2. The lowest BCUT2D eigenvalue weighted by Crippen LogP contribution is -2.47. The molecule has 0 bridgehead atoms. The molecule has 2 rings (SSSR count). The Morgan fingerprint density at radius 3 is 3.00 bits per heavy atom. The van der Waals surface area contributed by atoms with Crippen molar-refractivity contribution in [2.75, 3.05) is 6.54 Å². The fourth-order valence-corrected chi connectivity index (χ4v) is 2.82. The highest BCUT2D eigenvalue weighted by atomic mass is 35.5. The predicted octanol–water partition coefficient (Wildman–Crippen LogP) is 2.91. The van der Waals surface area contributed by atoms with E-state index in [0.29, 0.717) is 16.6 Å². The average Bonchev–Trinajstić information content (AvgIpc) is 2.92. The maximum absolute atomic E-state index is 12.3. The van der Waals surface area contributed by atoms with Crippen molar-refractivity contribution in [1.29, 1.82) is 0 Å². The summed E-state index contributed by atoms with van der Waals surface area (Å²) < 4.78 is 0. The molecule has 1 amide bonds. The molecule has 0 aromatic heterocycles. The van der Waals surface area contributed by atoms with Gasteiger partial charge >= 0.3 is 0 Å². The molecule has 1 aromatic carbocycles. The van der Waals surface area contributed by atoms with Gasteiger partial charge in [-0.1, -0.05) is 24.6 Å². The van der Waals surface area contributed by atoms with Crippen LogP contribution in [0.3, 0.4) is 0 Å². The summed E-state index contributed by atoms with van der Waals surface area (Å²) in [6.07, 6.45) is 3.25. The minimum absolute atomic E-state index is 0.0273. The second kappa shape index (κ2) is 6.40. The summed E-state index contributed by atoms with van der Waals surface area (Å²) in [6, 6.07) is 6.04. The molecule has 1 heterocycles. The first kappa shape index (κ1) is 14.4. The first-order valence-electron chi connectivity index (χ1n) is 6.92. The number of nitrogens with one attached hydrogen (secondary N) is 2. The van der Waals surface area contributed by atoms with Crippen molar-refractivity contribution in [1.82, 2.24) is 10.6 Å². The predicted molar refractivity (Wildman–Crippen MR) is 78.8 cm³/mol. The fraction of sp³-hybridized carbons (Fsp3) is 0.533. The Bertz CT molecular complexity index is 455. The van der Waals surface area contributed by atoms with Crippen LogP contribution in [0, 0.1) is 6.92 Å². The Hall–Kier alpha value is -1.06. The highest BCUT2D eigenvalue weighted by Crippen LogP contribution is 2.19. The van der Waals surface area contributed by atoms with E-state index in [1.807, 2.05) is 25.1 Å². The largest absolute Gasteiger partial charge is 0.348 e. The van der Waals surface area contributed by atoms with Crippen LogP contribution in [0.1, 0.15) is 42.1 Å². The van der Waals surface area contributed by atoms with Gasteiger partial charge in [-0.15, -0.1) is 0 Å². The standard InChI is InChI=1S/C15H21ClN2O/c1-3-13(14-8-5-9-17-14)18-15(19)11-6-4-7-12(16)10(11)2/h4,6-7,13-14,17H,3,5,8-9H2,1-2H3,(H,18,19). The molecule has 0 radical (unpaired) electrons. The van der Waals surface area contributed by atoms with E-state index in [9.17, 15) is 4.79 Å². The van der Waals surface area contributed by atoms with E-state index in [1.54, 1.807) is 0 Å². The third kappa shape index (κ3) is 3.28. The second-order valence-electron chi connectivity index (χ2n) is 5.10. The molecule has 3 nitrogen and oxygen atoms in total. The fourth-order valence-electron chi connectivity index (χ4n) is 2.64. The van der Waals surface area contributed by atoms with E-state index in [0.717, 1.165) is 24.9 Å². The summed E-state index contributed by atoms with van der Waals surface area (Å²) in [5.74, 6) is -0.0273. The van der Waals surface area contributed by atoms with Gasteiger partial charge in [-0.2, -0.15) is 0 Å². The molecule has 4 heteroatoms. The first-order valence-corrected chi connectivity index (χ1v) is 7.30. The van der Waals surface area contributed by atoms with Crippen LogP contribution in [0.5, 0.6) is 0 Å². The number of rotatable bonds is 4. The summed E-state index contributed by atoms with van der Waals surface area (Å²) in [5.41, 5.74) is 1.51. The molecule has 19 heavy (non-hydrogen) atoms. The summed E-state index contributed by atoms with van der Waals surface area (Å²) in [6.45, 7) is 5.04. The number of hydrogen-bond acceptors (Lipinski definition) is 2. The zero-order valence-corrected chi connectivity index (χ0v) is 12.3. The minimum atomic E-state index is -0.0273. The molecule has 1 saturated heterocycles. The number of carbonyl (C=O) groups is 1. The van der Waals surface area contributed by atoms with Crippen molar-refractivity contribution in [3.05, 3.63) is 34.3 Å². The molecule has 1 aliphatic heterocycles. The van der Waals surface area contributed by atoms with Gasteiger partial charge in [0.2, 0.25) is 0 Å². The van der Waals surface area contributed by atoms with E-state index in [4.69, 9.17) is 11.6 Å². The van der Waals surface area contributed by atoms with Crippen LogP contribution in [-0.2, 0) is 0 Å². The smallest absolute Gasteiger partial charge is 0.251 e. The molecule has 1 aromatic rings. The number of benzene rings is 1. The summed E-state index contributed by atoms with van der Waals surface area (Å²) >= 11 is 6.06. The van der Waals surface area contributed by atoms with Crippen LogP contribution in [0.25, 0.3) is 0 Å². The minimum Gasteiger partial charge on any atom is -0.348 e. The van der Waals surface area contributed by atoms with Gasteiger partial charge in [-0.25, -0.2) is 0 Å². The van der Waals surface area contributed by atoms with Crippen LogP contribution < -0.4 is 10.6 Å². The lowest BCUT2D eigenvalue weighted by Gasteiger charge is -2.24. The van der Waals surface area contributed by atoms with Gasteiger partial charge in [-0.05, 0) is 50.4 Å². The van der Waals surface area contributed by atoms with Gasteiger partial charge in [0.1, 0.15) is 0 Å². The van der Waals surface area contributed by atoms with E-state index in [1.165, 1.54) is 6.42 Å². The highest BCUT2D eigenvalue weighted by Gasteiger charge is 2.25. The summed E-state index contributed by atoms with van der Waals surface area (Å²) in [4.78, 5) is 12.3. The second-order valence-corrected chi connectivity index (χ2v) is 5.51. The number of amides is 1. The molecule has 0 aliphatic carbocycles. The zero-order chi connectivity index (χ0) is 13.8. The van der Waals surface area contributed by atoms with Crippen molar-refractivity contribution < 1.29 is 4.79 Å². The Morgan fingerprint density at radius 1 is 1.58 bits per heavy atom. The molecule has 104 valence electrons. The van der Waals surface area contributed by atoms with Crippen LogP contribution >= 0.6 is 11.6 Å². The van der Waals surface area contributed by atoms with Crippen molar-refractivity contribution in [2.45, 2.75) is 45.2 Å². The lowest BCUT2D eigenvalue weighted by atomic mass is 10.0. The Kier molecular flexibility index (Phi) is 4.83. The number of carbonyl (C=O) groups excluding carboxylic acids is 1. The van der Waals surface area contributed by atoms with Crippen molar-refractivity contribution in [3.63, 3.8) is 0 Å². The Labute approximate surface area is 119 Å². The van der Waals surface area contributed by atoms with E-state index in [2.05, 4.69) is 17.6 Å². The van der Waals surface area contributed by atoms with Gasteiger partial charge in [0, 0.05) is 22.7 Å². The molecule has 1 fully saturated rings. The summed E-state index contributed by atoms with van der Waals surface area (Å²) in [5, 5.41) is 7.22. The third-order valence-electron chi connectivity index (χ3n) is 3.85. The van der Waals surface area contributed by atoms with Gasteiger partial charge in [0.05, 0.1) is 0 Å². The van der Waals surface area contributed by atoms with E-state index in [-0.39, 0.29) is 11.9 Å². The molecular formula is C15H21ClN2O. The molecule has 2 atom stereocenters. The molecule has 0 spiro atoms. The van der Waals surface area contributed by atoms with Gasteiger partial charge in [0.15, 0.2) is 0 Å². The first-order chi connectivity index (χ1) is 9.13. The quantitative estimate of drug-likeness (QED) is 0.890. The molecule has 0 saturated carbocycles. The van der Waals surface area contributed by atoms with Crippen molar-refractivity contribution in [3.8, 4) is 0 Å². The van der Waals surface area contributed by atoms with Crippen molar-refractivity contribution >= 4 is 17.5 Å². The normalized spacial score (nSPS) is 20.3. The molecular weight excluding hydrogens is 260 g/mol. The van der Waals surface area contributed by atoms with Crippen LogP contribution in [0.2, 0.25) is 5.02 Å². The zero-order valence-electron chi connectivity index (χ0n) is 11.5. The van der Waals surface area contributed by atoms with Crippen LogP contribution in [0.15, 0.2) is 18.2 Å². The van der Waals surface area contributed by atoms with Crippen LogP contribution in [-0.4, -0.2) is 24.5 Å². The molecule has 2 N–H and O–H groups in total. The SMILES string of the molecule is CCC(NC(=O)c1cccc(Cl)c1C)C1CCCN1. The van der Waals surface area contributed by atoms with Gasteiger partial charge in [-0.3, -0.25) is 4.79 Å². The highest BCUT2D eigenvalue weighted by molar-refractivity contribution is 6.31. The van der Waals surface area contributed by atoms with E-state index >= 15 is 0 Å². The molecule has 2 unspecified atom stereocenters. The third-order valence-corrected chi connectivity index (χ3v) is 4.26. The number of halogens is 1. The van der Waals surface area contributed by atoms with Crippen molar-refractivity contribution in [2.24, 2.45) is 0 Å². The average molecular weight is 281 g/mol. The van der Waals surface area contributed by atoms with E-state index < -0.39 is 0 Å². The van der Waals surface area contributed by atoms with Gasteiger partial charge < -0.3 is 10.6 Å². The Morgan fingerprint density at radius 2 is 2.37 bits per heavy atom. The maximum atomic E-state index is 12.3. The maximum Gasteiger partial charge on any atom is 0.251 e. The Balaban J connectivity index is 2.08. The topological polar surface area (TPSA) is 41.1 Å². The van der Waals surface area contributed by atoms with Gasteiger partial charge in [0.25, 0.3) is 5.91 Å². The summed E-state index contributed by atoms with van der Waals surface area (Å²) in [7, 11) is 0. The van der Waals surface area contributed by atoms with Crippen LogP contribution in [0.4, 0.5) is 0 Å².